The van der Waals surface area contributed by atoms with E-state index in [1.165, 1.54) is 0 Å². The summed E-state index contributed by atoms with van der Waals surface area (Å²) in [6, 6.07) is -0.249. The van der Waals surface area contributed by atoms with Gasteiger partial charge in [0.15, 0.2) is 0 Å². The van der Waals surface area contributed by atoms with Crippen LogP contribution in [0.2, 0.25) is 0 Å². The van der Waals surface area contributed by atoms with Gasteiger partial charge in [-0.3, -0.25) is 0 Å². The molecule has 20 heavy (non-hydrogen) atoms. The van der Waals surface area contributed by atoms with Crippen LogP contribution < -0.4 is 5.32 Å². The van der Waals surface area contributed by atoms with Crippen molar-refractivity contribution in [1.82, 2.24) is 10.2 Å². The number of urea groups is 1. The van der Waals surface area contributed by atoms with Crippen molar-refractivity contribution in [2.24, 2.45) is 11.8 Å². The smallest absolute Gasteiger partial charge is 0.329 e. The van der Waals surface area contributed by atoms with E-state index in [4.69, 9.17) is 0 Å². The van der Waals surface area contributed by atoms with Gasteiger partial charge in [-0.15, -0.1) is 0 Å². The van der Waals surface area contributed by atoms with Gasteiger partial charge in [0.05, 0.1) is 0 Å². The van der Waals surface area contributed by atoms with Crippen molar-refractivity contribution in [3.8, 4) is 0 Å². The van der Waals surface area contributed by atoms with E-state index in [0.29, 0.717) is 31.3 Å². The molecule has 0 aromatic rings. The summed E-state index contributed by atoms with van der Waals surface area (Å²) in [5.41, 5.74) is -1.18. The molecule has 2 unspecified atom stereocenters. The molecule has 2 amide bonds. The SMILES string of the molecule is CCC(C)(NC(=O)N1CCCC(C(C)C)CC1)C(=O)O. The van der Waals surface area contributed by atoms with E-state index in [9.17, 15) is 14.7 Å². The molecule has 2 N–H and O–H groups in total. The summed E-state index contributed by atoms with van der Waals surface area (Å²) in [6.07, 6.45) is 3.51. The van der Waals surface area contributed by atoms with Crippen LogP contribution in [-0.2, 0) is 4.79 Å². The van der Waals surface area contributed by atoms with E-state index in [1.54, 1.807) is 18.7 Å². The summed E-state index contributed by atoms with van der Waals surface area (Å²) in [5.74, 6) is 0.311. The molecule has 5 heteroatoms. The van der Waals surface area contributed by atoms with Crippen molar-refractivity contribution >= 4 is 12.0 Å². The Kier molecular flexibility index (Phi) is 5.84. The number of likely N-dealkylation sites (tertiary alicyclic amines) is 1. The highest BCUT2D eigenvalue weighted by molar-refractivity contribution is 5.85. The molecule has 2 atom stereocenters. The van der Waals surface area contributed by atoms with Crippen LogP contribution in [0.25, 0.3) is 0 Å². The summed E-state index contributed by atoms with van der Waals surface area (Å²) in [4.78, 5) is 25.3. The van der Waals surface area contributed by atoms with Crippen molar-refractivity contribution in [3.05, 3.63) is 0 Å². The first-order valence-corrected chi connectivity index (χ1v) is 7.60. The van der Waals surface area contributed by atoms with Crippen LogP contribution in [0, 0.1) is 11.8 Å². The molecule has 0 bridgehead atoms. The largest absolute Gasteiger partial charge is 0.480 e. The van der Waals surface area contributed by atoms with E-state index in [2.05, 4.69) is 19.2 Å². The number of nitrogens with zero attached hydrogens (tertiary/aromatic N) is 1. The minimum absolute atomic E-state index is 0.249. The third-order valence-corrected chi connectivity index (χ3v) is 4.56. The average Bonchev–Trinajstić information content (AvgIpc) is 2.64. The van der Waals surface area contributed by atoms with Crippen LogP contribution in [0.4, 0.5) is 4.79 Å². The number of amides is 2. The molecule has 116 valence electrons. The molecule has 5 nitrogen and oxygen atoms in total. The Balaban J connectivity index is 2.62. The van der Waals surface area contributed by atoms with Gasteiger partial charge in [-0.25, -0.2) is 9.59 Å². The fraction of sp³-hybridized carbons (Fsp3) is 0.867. The Morgan fingerprint density at radius 2 is 2.00 bits per heavy atom. The molecule has 0 radical (unpaired) electrons. The lowest BCUT2D eigenvalue weighted by atomic mass is 9.89. The number of nitrogens with one attached hydrogen (secondary N) is 1. The summed E-state index contributed by atoms with van der Waals surface area (Å²) < 4.78 is 0. The monoisotopic (exact) mass is 284 g/mol. The number of carbonyl (C=O) groups is 2. The van der Waals surface area contributed by atoms with Crippen LogP contribution in [0.15, 0.2) is 0 Å². The van der Waals surface area contributed by atoms with Crippen LogP contribution in [-0.4, -0.2) is 40.6 Å². The predicted octanol–water partition coefficient (Wildman–Crippen LogP) is 2.71. The second-order valence-corrected chi connectivity index (χ2v) is 6.34. The van der Waals surface area contributed by atoms with Crippen molar-refractivity contribution in [3.63, 3.8) is 0 Å². The molecular formula is C15H28N2O3. The highest BCUT2D eigenvalue weighted by atomic mass is 16.4. The maximum Gasteiger partial charge on any atom is 0.329 e. The molecule has 1 heterocycles. The molecule has 0 aromatic heterocycles. The van der Waals surface area contributed by atoms with Gasteiger partial charge < -0.3 is 15.3 Å². The number of aliphatic carboxylic acids is 1. The second kappa shape index (κ2) is 6.95. The molecule has 0 aromatic carbocycles. The van der Waals surface area contributed by atoms with Crippen molar-refractivity contribution in [1.29, 1.82) is 0 Å². The Hall–Kier alpha value is -1.26. The fourth-order valence-electron chi connectivity index (χ4n) is 2.60. The predicted molar refractivity (Wildman–Crippen MR) is 78.6 cm³/mol. The van der Waals surface area contributed by atoms with E-state index >= 15 is 0 Å². The Labute approximate surface area is 121 Å². The lowest BCUT2D eigenvalue weighted by Crippen LogP contribution is -2.55. The molecule has 1 aliphatic rings. The Morgan fingerprint density at radius 3 is 2.50 bits per heavy atom. The minimum Gasteiger partial charge on any atom is -0.480 e. The zero-order valence-corrected chi connectivity index (χ0v) is 13.1. The zero-order chi connectivity index (χ0) is 15.3. The quantitative estimate of drug-likeness (QED) is 0.834. The molecule has 1 rings (SSSR count). The lowest BCUT2D eigenvalue weighted by Gasteiger charge is -2.29. The Bertz CT molecular complexity index is 357. The minimum atomic E-state index is -1.18. The average molecular weight is 284 g/mol. The number of hydrogen-bond donors (Lipinski definition) is 2. The van der Waals surface area contributed by atoms with Crippen molar-refractivity contribution < 1.29 is 14.7 Å². The first-order chi connectivity index (χ1) is 9.30. The Morgan fingerprint density at radius 1 is 1.35 bits per heavy atom. The topological polar surface area (TPSA) is 69.6 Å². The molecular weight excluding hydrogens is 256 g/mol. The van der Waals surface area contributed by atoms with Gasteiger partial charge in [0, 0.05) is 13.1 Å². The standard InChI is InChI=1S/C15H28N2O3/c1-5-15(4,13(18)19)16-14(20)17-9-6-7-12(8-10-17)11(2)3/h11-12H,5-10H2,1-4H3,(H,16,20)(H,18,19). The van der Waals surface area contributed by atoms with Crippen molar-refractivity contribution in [2.45, 2.75) is 58.9 Å². The first kappa shape index (κ1) is 16.8. The summed E-state index contributed by atoms with van der Waals surface area (Å²) >= 11 is 0. The third-order valence-electron chi connectivity index (χ3n) is 4.56. The van der Waals surface area contributed by atoms with Gasteiger partial charge in [0.1, 0.15) is 5.54 Å². The van der Waals surface area contributed by atoms with Gasteiger partial charge in [-0.1, -0.05) is 20.8 Å². The fourth-order valence-corrected chi connectivity index (χ4v) is 2.60. The molecule has 1 aliphatic heterocycles. The number of carbonyl (C=O) groups excluding carboxylic acids is 1. The van der Waals surface area contributed by atoms with E-state index in [-0.39, 0.29) is 6.03 Å². The summed E-state index contributed by atoms with van der Waals surface area (Å²) in [6.45, 7) is 9.20. The number of carboxylic acid groups (broad SMARTS) is 1. The summed E-state index contributed by atoms with van der Waals surface area (Å²) in [5, 5.41) is 11.9. The van der Waals surface area contributed by atoms with Crippen LogP contribution in [0.1, 0.15) is 53.4 Å². The highest BCUT2D eigenvalue weighted by Gasteiger charge is 2.34. The van der Waals surface area contributed by atoms with Crippen LogP contribution in [0.3, 0.4) is 0 Å². The summed E-state index contributed by atoms with van der Waals surface area (Å²) in [7, 11) is 0. The van der Waals surface area contributed by atoms with Crippen LogP contribution >= 0.6 is 0 Å². The lowest BCUT2D eigenvalue weighted by molar-refractivity contribution is -0.143. The highest BCUT2D eigenvalue weighted by Crippen LogP contribution is 2.24. The zero-order valence-electron chi connectivity index (χ0n) is 13.1. The van der Waals surface area contributed by atoms with Gasteiger partial charge in [-0.05, 0) is 44.4 Å². The van der Waals surface area contributed by atoms with Crippen LogP contribution in [0.5, 0.6) is 0 Å². The third kappa shape index (κ3) is 4.12. The van der Waals surface area contributed by atoms with Gasteiger partial charge in [0.25, 0.3) is 0 Å². The van der Waals surface area contributed by atoms with Crippen molar-refractivity contribution in [2.75, 3.05) is 13.1 Å². The van der Waals surface area contributed by atoms with Gasteiger partial charge in [0.2, 0.25) is 0 Å². The molecule has 0 spiro atoms. The maximum atomic E-state index is 12.3. The molecule has 0 saturated carbocycles. The van der Waals surface area contributed by atoms with Gasteiger partial charge >= 0.3 is 12.0 Å². The maximum absolute atomic E-state index is 12.3. The first-order valence-electron chi connectivity index (χ1n) is 7.60. The number of carboxylic acids is 1. The molecule has 1 fully saturated rings. The normalized spacial score (nSPS) is 23.1. The number of rotatable bonds is 4. The van der Waals surface area contributed by atoms with E-state index in [0.717, 1.165) is 19.3 Å². The van der Waals surface area contributed by atoms with Gasteiger partial charge in [-0.2, -0.15) is 0 Å². The number of hydrogen-bond acceptors (Lipinski definition) is 2. The van der Waals surface area contributed by atoms with E-state index in [1.807, 2.05) is 0 Å². The molecule has 1 saturated heterocycles. The second-order valence-electron chi connectivity index (χ2n) is 6.34. The molecule has 0 aliphatic carbocycles. The van der Waals surface area contributed by atoms with E-state index < -0.39 is 11.5 Å².